The van der Waals surface area contributed by atoms with E-state index in [1.54, 1.807) is 11.3 Å². The van der Waals surface area contributed by atoms with Gasteiger partial charge < -0.3 is 5.32 Å². The van der Waals surface area contributed by atoms with Gasteiger partial charge in [-0.3, -0.25) is 4.79 Å². The SMILES string of the molecule is CC(=O)Nc1ncc(C2CC2)s1. The number of anilines is 1. The van der Waals surface area contributed by atoms with E-state index in [0.717, 1.165) is 11.0 Å². The van der Waals surface area contributed by atoms with E-state index in [0.29, 0.717) is 0 Å². The van der Waals surface area contributed by atoms with Gasteiger partial charge in [-0.15, -0.1) is 11.3 Å². The maximum absolute atomic E-state index is 10.7. The average Bonchev–Trinajstić information content (AvgIpc) is 2.73. The molecule has 1 N–H and O–H groups in total. The van der Waals surface area contributed by atoms with Crippen LogP contribution in [0.5, 0.6) is 0 Å². The summed E-state index contributed by atoms with van der Waals surface area (Å²) in [4.78, 5) is 16.1. The minimum Gasteiger partial charge on any atom is -0.302 e. The Kier molecular flexibility index (Phi) is 1.84. The van der Waals surface area contributed by atoms with Crippen molar-refractivity contribution in [3.63, 3.8) is 0 Å². The minimum absolute atomic E-state index is 0.0494. The van der Waals surface area contributed by atoms with E-state index in [9.17, 15) is 4.79 Å². The van der Waals surface area contributed by atoms with Crippen LogP contribution in [0.25, 0.3) is 0 Å². The van der Waals surface area contributed by atoms with Gasteiger partial charge in [-0.1, -0.05) is 0 Å². The van der Waals surface area contributed by atoms with E-state index in [1.165, 1.54) is 24.6 Å². The van der Waals surface area contributed by atoms with Crippen molar-refractivity contribution in [3.8, 4) is 0 Å². The normalized spacial score (nSPS) is 16.1. The van der Waals surface area contributed by atoms with Crippen molar-refractivity contribution in [1.82, 2.24) is 4.98 Å². The molecule has 1 aliphatic carbocycles. The van der Waals surface area contributed by atoms with Gasteiger partial charge in [-0.2, -0.15) is 0 Å². The fraction of sp³-hybridized carbons (Fsp3) is 0.500. The molecule has 1 aromatic rings. The lowest BCUT2D eigenvalue weighted by molar-refractivity contribution is -0.114. The molecule has 1 saturated carbocycles. The smallest absolute Gasteiger partial charge is 0.223 e. The van der Waals surface area contributed by atoms with Crippen LogP contribution in [0.2, 0.25) is 0 Å². The lowest BCUT2D eigenvalue weighted by atomic mass is 10.4. The number of hydrogen-bond acceptors (Lipinski definition) is 3. The summed E-state index contributed by atoms with van der Waals surface area (Å²) in [6, 6.07) is 0. The third kappa shape index (κ3) is 1.64. The first kappa shape index (κ1) is 7.73. The van der Waals surface area contributed by atoms with Crippen molar-refractivity contribution >= 4 is 22.4 Å². The van der Waals surface area contributed by atoms with Gasteiger partial charge in [-0.05, 0) is 18.8 Å². The first-order valence-electron chi connectivity index (χ1n) is 3.99. The summed E-state index contributed by atoms with van der Waals surface area (Å²) >= 11 is 1.59. The number of rotatable bonds is 2. The molecule has 0 bridgehead atoms. The van der Waals surface area contributed by atoms with Crippen LogP contribution < -0.4 is 5.32 Å². The molecule has 0 unspecified atom stereocenters. The van der Waals surface area contributed by atoms with Crippen LogP contribution in [0.3, 0.4) is 0 Å². The van der Waals surface area contributed by atoms with Crippen LogP contribution in [0.4, 0.5) is 5.13 Å². The summed E-state index contributed by atoms with van der Waals surface area (Å²) in [6.07, 6.45) is 4.43. The Bertz CT molecular complexity index is 304. The van der Waals surface area contributed by atoms with Crippen LogP contribution in [0, 0.1) is 0 Å². The molecule has 0 aliphatic heterocycles. The fourth-order valence-corrected chi connectivity index (χ4v) is 2.08. The first-order chi connectivity index (χ1) is 5.75. The summed E-state index contributed by atoms with van der Waals surface area (Å²) in [5.74, 6) is 0.678. The number of carbonyl (C=O) groups excluding carboxylic acids is 1. The maximum atomic E-state index is 10.7. The Hall–Kier alpha value is -0.900. The minimum atomic E-state index is -0.0494. The maximum Gasteiger partial charge on any atom is 0.223 e. The summed E-state index contributed by atoms with van der Waals surface area (Å²) in [5.41, 5.74) is 0. The van der Waals surface area contributed by atoms with Crippen molar-refractivity contribution in [2.45, 2.75) is 25.7 Å². The Labute approximate surface area is 74.8 Å². The lowest BCUT2D eigenvalue weighted by Gasteiger charge is -1.92. The molecule has 1 heterocycles. The average molecular weight is 182 g/mol. The van der Waals surface area contributed by atoms with Crippen LogP contribution in [0.15, 0.2) is 6.20 Å². The summed E-state index contributed by atoms with van der Waals surface area (Å²) in [5, 5.41) is 3.40. The Morgan fingerprint density at radius 1 is 1.75 bits per heavy atom. The fourth-order valence-electron chi connectivity index (χ4n) is 1.05. The molecule has 0 radical (unpaired) electrons. The molecule has 1 fully saturated rings. The zero-order chi connectivity index (χ0) is 8.55. The second-order valence-corrected chi connectivity index (χ2v) is 4.09. The molecule has 1 amide bonds. The van der Waals surface area contributed by atoms with Gasteiger partial charge in [0.15, 0.2) is 5.13 Å². The molecular weight excluding hydrogens is 172 g/mol. The molecule has 2 rings (SSSR count). The molecule has 1 aromatic heterocycles. The second-order valence-electron chi connectivity index (χ2n) is 3.02. The number of thiazole rings is 1. The van der Waals surface area contributed by atoms with Crippen LogP contribution in [0.1, 0.15) is 30.6 Å². The molecule has 4 heteroatoms. The van der Waals surface area contributed by atoms with Crippen molar-refractivity contribution in [2.75, 3.05) is 5.32 Å². The molecule has 0 aromatic carbocycles. The molecule has 0 spiro atoms. The highest BCUT2D eigenvalue weighted by Gasteiger charge is 2.25. The summed E-state index contributed by atoms with van der Waals surface area (Å²) in [6.45, 7) is 1.50. The van der Waals surface area contributed by atoms with Crippen LogP contribution in [-0.2, 0) is 4.79 Å². The van der Waals surface area contributed by atoms with Gasteiger partial charge >= 0.3 is 0 Å². The third-order valence-electron chi connectivity index (χ3n) is 1.79. The molecule has 1 aliphatic rings. The number of aromatic nitrogens is 1. The molecular formula is C8H10N2OS. The van der Waals surface area contributed by atoms with E-state index < -0.39 is 0 Å². The highest BCUT2D eigenvalue weighted by atomic mass is 32.1. The molecule has 64 valence electrons. The zero-order valence-electron chi connectivity index (χ0n) is 6.83. The van der Waals surface area contributed by atoms with Gasteiger partial charge in [0.1, 0.15) is 0 Å². The summed E-state index contributed by atoms with van der Waals surface area (Å²) < 4.78 is 0. The number of hydrogen-bond donors (Lipinski definition) is 1. The van der Waals surface area contributed by atoms with Crippen LogP contribution in [-0.4, -0.2) is 10.9 Å². The second kappa shape index (κ2) is 2.86. The monoisotopic (exact) mass is 182 g/mol. The quantitative estimate of drug-likeness (QED) is 0.759. The van der Waals surface area contributed by atoms with Crippen molar-refractivity contribution in [3.05, 3.63) is 11.1 Å². The van der Waals surface area contributed by atoms with Gasteiger partial charge in [0.25, 0.3) is 0 Å². The zero-order valence-corrected chi connectivity index (χ0v) is 7.65. The number of amides is 1. The number of nitrogens with one attached hydrogen (secondary N) is 1. The van der Waals surface area contributed by atoms with Gasteiger partial charge in [0, 0.05) is 18.0 Å². The van der Waals surface area contributed by atoms with Crippen LogP contribution >= 0.6 is 11.3 Å². The number of nitrogens with zero attached hydrogens (tertiary/aromatic N) is 1. The number of carbonyl (C=O) groups is 1. The van der Waals surface area contributed by atoms with Crippen molar-refractivity contribution < 1.29 is 4.79 Å². The molecule has 12 heavy (non-hydrogen) atoms. The van der Waals surface area contributed by atoms with E-state index in [4.69, 9.17) is 0 Å². The highest BCUT2D eigenvalue weighted by Crippen LogP contribution is 2.43. The Morgan fingerprint density at radius 3 is 3.08 bits per heavy atom. The van der Waals surface area contributed by atoms with E-state index in [-0.39, 0.29) is 5.91 Å². The lowest BCUT2D eigenvalue weighted by Crippen LogP contribution is -2.04. The van der Waals surface area contributed by atoms with Crippen molar-refractivity contribution in [1.29, 1.82) is 0 Å². The van der Waals surface area contributed by atoms with Crippen molar-refractivity contribution in [2.24, 2.45) is 0 Å². The predicted molar refractivity (Wildman–Crippen MR) is 48.4 cm³/mol. The van der Waals surface area contributed by atoms with Gasteiger partial charge in [-0.25, -0.2) is 4.98 Å². The van der Waals surface area contributed by atoms with Gasteiger partial charge in [0.05, 0.1) is 0 Å². The standard InChI is InChI=1S/C8H10N2OS/c1-5(11)10-8-9-4-7(12-8)6-2-3-6/h4,6H,2-3H2,1H3,(H,9,10,11). The van der Waals surface area contributed by atoms with Gasteiger partial charge in [0.2, 0.25) is 5.91 Å². The summed E-state index contributed by atoms with van der Waals surface area (Å²) in [7, 11) is 0. The highest BCUT2D eigenvalue weighted by molar-refractivity contribution is 7.15. The Morgan fingerprint density at radius 2 is 2.50 bits per heavy atom. The Balaban J connectivity index is 2.07. The third-order valence-corrected chi connectivity index (χ3v) is 2.86. The predicted octanol–water partition coefficient (Wildman–Crippen LogP) is 1.98. The topological polar surface area (TPSA) is 42.0 Å². The molecule has 0 saturated heterocycles. The van der Waals surface area contributed by atoms with E-state index >= 15 is 0 Å². The van der Waals surface area contributed by atoms with E-state index in [1.807, 2.05) is 6.20 Å². The van der Waals surface area contributed by atoms with E-state index in [2.05, 4.69) is 10.3 Å². The largest absolute Gasteiger partial charge is 0.302 e. The molecule has 3 nitrogen and oxygen atoms in total. The first-order valence-corrected chi connectivity index (χ1v) is 4.80. The molecule has 0 atom stereocenters.